The predicted molar refractivity (Wildman–Crippen MR) is 153 cm³/mol. The first kappa shape index (κ1) is 32.1. The van der Waals surface area contributed by atoms with E-state index in [2.05, 4.69) is 25.4 Å². The molecule has 0 aliphatic carbocycles. The molecule has 0 amide bonds. The number of anilines is 1. The van der Waals surface area contributed by atoms with Crippen molar-refractivity contribution in [3.8, 4) is 5.75 Å². The third-order valence-electron chi connectivity index (χ3n) is 6.35. The predicted octanol–water partition coefficient (Wildman–Crippen LogP) is 3.91. The third-order valence-corrected chi connectivity index (χ3v) is 8.43. The Labute approximate surface area is 247 Å². The van der Waals surface area contributed by atoms with Crippen LogP contribution in [0.1, 0.15) is 39.7 Å². The Morgan fingerprint density at radius 3 is 2.64 bits per heavy atom. The van der Waals surface area contributed by atoms with E-state index in [1.54, 1.807) is 39.0 Å². The molecular weight excluding hydrogens is 594 g/mol. The lowest BCUT2D eigenvalue weighted by Gasteiger charge is -2.31. The smallest absolute Gasteiger partial charge is 0.459 e. The van der Waals surface area contributed by atoms with Crippen molar-refractivity contribution in [3.05, 3.63) is 42.5 Å². The lowest BCUT2D eigenvalue weighted by Crippen LogP contribution is -2.48. The number of para-hydroxylation sites is 1. The fraction of sp³-hybridized carbons (Fsp3) is 0.538. The van der Waals surface area contributed by atoms with Gasteiger partial charge in [-0.3, -0.25) is 13.9 Å². The Morgan fingerprint density at radius 1 is 1.29 bits per heavy atom. The van der Waals surface area contributed by atoms with Gasteiger partial charge in [-0.1, -0.05) is 18.2 Å². The van der Waals surface area contributed by atoms with Crippen LogP contribution in [0.3, 0.4) is 0 Å². The minimum absolute atomic E-state index is 0.170. The first-order chi connectivity index (χ1) is 19.9. The third kappa shape index (κ3) is 6.85. The number of benzene rings is 1. The van der Waals surface area contributed by atoms with Crippen LogP contribution in [0.25, 0.3) is 11.2 Å². The number of ether oxygens (including phenoxy) is 2. The summed E-state index contributed by atoms with van der Waals surface area (Å²) in [4.78, 5) is 25.5. The molecule has 2 aromatic heterocycles. The van der Waals surface area contributed by atoms with Crippen LogP contribution in [0, 0.1) is 6.92 Å². The molecule has 1 aromatic carbocycles. The molecule has 0 bridgehead atoms. The molecule has 3 heterocycles. The van der Waals surface area contributed by atoms with Crippen LogP contribution in [0.5, 0.6) is 5.75 Å². The second-order valence-corrected chi connectivity index (χ2v) is 12.0. The van der Waals surface area contributed by atoms with Crippen LogP contribution in [0.4, 0.5) is 10.2 Å². The van der Waals surface area contributed by atoms with E-state index < -0.39 is 62.5 Å². The zero-order valence-electron chi connectivity index (χ0n) is 23.9. The fourth-order valence-electron chi connectivity index (χ4n) is 4.33. The van der Waals surface area contributed by atoms with Crippen LogP contribution in [-0.4, -0.2) is 79.6 Å². The summed E-state index contributed by atoms with van der Waals surface area (Å²) in [6.07, 6.45) is -4.29. The van der Waals surface area contributed by atoms with Crippen LogP contribution >= 0.6 is 19.3 Å². The van der Waals surface area contributed by atoms with Gasteiger partial charge in [0.1, 0.15) is 29.3 Å². The number of aliphatic hydroxyl groups is 1. The van der Waals surface area contributed by atoms with Gasteiger partial charge in [0.25, 0.3) is 0 Å². The molecule has 1 fully saturated rings. The van der Waals surface area contributed by atoms with Crippen molar-refractivity contribution >= 4 is 42.3 Å². The highest BCUT2D eigenvalue weighted by molar-refractivity contribution is 7.52. The Hall–Kier alpha value is -2.87. The van der Waals surface area contributed by atoms with Gasteiger partial charge >= 0.3 is 13.7 Å². The highest BCUT2D eigenvalue weighted by Crippen LogP contribution is 2.49. The van der Waals surface area contributed by atoms with E-state index in [1.807, 2.05) is 6.92 Å². The number of hydrogen-bond acceptors (Lipinski definition) is 11. The van der Waals surface area contributed by atoms with E-state index in [1.165, 1.54) is 30.0 Å². The Kier molecular flexibility index (Phi) is 10.1. The van der Waals surface area contributed by atoms with Crippen molar-refractivity contribution in [1.29, 1.82) is 0 Å². The molecule has 0 radical (unpaired) electrons. The summed E-state index contributed by atoms with van der Waals surface area (Å²) >= 11 is 6.25. The van der Waals surface area contributed by atoms with E-state index in [4.69, 9.17) is 30.1 Å². The molecule has 1 saturated heterocycles. The Morgan fingerprint density at radius 2 is 2.00 bits per heavy atom. The molecule has 0 spiro atoms. The molecule has 230 valence electrons. The van der Waals surface area contributed by atoms with Crippen molar-refractivity contribution in [1.82, 2.24) is 24.6 Å². The maximum atomic E-state index is 15.7. The van der Waals surface area contributed by atoms with Crippen molar-refractivity contribution in [2.24, 2.45) is 0 Å². The standard InChI is InChI=1S/C26H35ClFN6O7P/c1-6-29-22-20-23(32-17(5)31-22)34(14-30-20)24-19(28)21(35)26(12-27,40-24)13-38-42(37,41-18-10-8-7-9-11-18)33-16(4)25(36)39-15(2)3/h7-11,14-16,19,21,24,35H,6,12-13H2,1-5H3,(H,33,37)(H,29,31,32)/t16-,19+,21-,24+,26+,42?/m0/s1. The van der Waals surface area contributed by atoms with E-state index in [-0.39, 0.29) is 11.4 Å². The normalized spacial score (nSPS) is 24.5. The second-order valence-electron chi connectivity index (χ2n) is 10.1. The quantitative estimate of drug-likeness (QED) is 0.143. The van der Waals surface area contributed by atoms with Crippen molar-refractivity contribution in [2.45, 2.75) is 70.9 Å². The van der Waals surface area contributed by atoms with E-state index in [0.717, 1.165) is 0 Å². The van der Waals surface area contributed by atoms with Gasteiger partial charge in [-0.2, -0.15) is 5.09 Å². The number of aryl methyl sites for hydroxylation is 1. The number of rotatable bonds is 13. The average Bonchev–Trinajstić information content (AvgIpc) is 3.46. The zero-order chi connectivity index (χ0) is 30.7. The molecule has 6 atom stereocenters. The summed E-state index contributed by atoms with van der Waals surface area (Å²) < 4.78 is 53.6. The zero-order valence-corrected chi connectivity index (χ0v) is 25.5. The lowest BCUT2D eigenvalue weighted by atomic mass is 9.99. The minimum atomic E-state index is -4.36. The van der Waals surface area contributed by atoms with Crippen LogP contribution < -0.4 is 14.9 Å². The molecule has 42 heavy (non-hydrogen) atoms. The molecule has 13 nitrogen and oxygen atoms in total. The number of nitrogens with zero attached hydrogens (tertiary/aromatic N) is 4. The minimum Gasteiger partial charge on any atom is -0.462 e. The molecule has 1 aliphatic heterocycles. The summed E-state index contributed by atoms with van der Waals surface area (Å²) in [5.41, 5.74) is -1.20. The number of esters is 1. The Balaban J connectivity index is 1.61. The highest BCUT2D eigenvalue weighted by Gasteiger charge is 2.57. The monoisotopic (exact) mass is 628 g/mol. The lowest BCUT2D eigenvalue weighted by molar-refractivity contribution is -0.149. The molecule has 3 aromatic rings. The van der Waals surface area contributed by atoms with E-state index in [0.29, 0.717) is 23.7 Å². The van der Waals surface area contributed by atoms with E-state index in [9.17, 15) is 14.5 Å². The second kappa shape index (κ2) is 13.2. The molecule has 0 saturated carbocycles. The molecule has 4 rings (SSSR count). The number of alkyl halides is 2. The summed E-state index contributed by atoms with van der Waals surface area (Å²) in [6, 6.07) is 7.00. The van der Waals surface area contributed by atoms with Crippen LogP contribution in [0.2, 0.25) is 0 Å². The maximum absolute atomic E-state index is 15.7. The topological polar surface area (TPSA) is 159 Å². The maximum Gasteiger partial charge on any atom is 0.459 e. The number of aliphatic hydroxyl groups excluding tert-OH is 1. The molecule has 1 unspecified atom stereocenters. The van der Waals surface area contributed by atoms with Gasteiger partial charge < -0.3 is 24.4 Å². The van der Waals surface area contributed by atoms with Crippen molar-refractivity contribution in [3.63, 3.8) is 0 Å². The van der Waals surface area contributed by atoms with Crippen LogP contribution in [-0.2, 0) is 23.4 Å². The number of imidazole rings is 1. The van der Waals surface area contributed by atoms with Crippen molar-refractivity contribution < 1.29 is 37.4 Å². The van der Waals surface area contributed by atoms with Gasteiger partial charge in [-0.25, -0.2) is 23.9 Å². The van der Waals surface area contributed by atoms with Gasteiger partial charge in [-0.15, -0.1) is 11.6 Å². The SMILES string of the molecule is CCNc1nc(C)nc2c1ncn2[C@@H]1O[C@](CCl)(COP(=O)(N[C@@H](C)C(=O)OC(C)C)Oc2ccccc2)[C@@H](O)[C@H]1F. The molecule has 16 heteroatoms. The number of carbonyl (C=O) groups is 1. The van der Waals surface area contributed by atoms with Crippen molar-refractivity contribution in [2.75, 3.05) is 24.3 Å². The number of nitrogens with one attached hydrogen (secondary N) is 2. The van der Waals surface area contributed by atoms with Gasteiger partial charge in [0.2, 0.25) is 0 Å². The van der Waals surface area contributed by atoms with E-state index >= 15 is 4.39 Å². The summed E-state index contributed by atoms with van der Waals surface area (Å²) in [5.74, 6) is -0.0841. The van der Waals surface area contributed by atoms with Gasteiger partial charge in [0.15, 0.2) is 29.4 Å². The van der Waals surface area contributed by atoms with Crippen LogP contribution in [0.15, 0.2) is 36.7 Å². The first-order valence-electron chi connectivity index (χ1n) is 13.4. The number of carbonyl (C=O) groups excluding carboxylic acids is 1. The number of hydrogen-bond donors (Lipinski definition) is 3. The Bertz CT molecular complexity index is 1430. The molecule has 1 aliphatic rings. The molecular formula is C26H35ClFN6O7P. The number of aromatic nitrogens is 4. The summed E-state index contributed by atoms with van der Waals surface area (Å²) in [7, 11) is -4.36. The molecule has 3 N–H and O–H groups in total. The highest BCUT2D eigenvalue weighted by atomic mass is 35.5. The average molecular weight is 629 g/mol. The summed E-state index contributed by atoms with van der Waals surface area (Å²) in [6.45, 7) is 8.26. The number of halogens is 2. The summed E-state index contributed by atoms with van der Waals surface area (Å²) in [5, 5.41) is 16.7. The van der Waals surface area contributed by atoms with Gasteiger partial charge in [0, 0.05) is 6.54 Å². The fourth-order valence-corrected chi connectivity index (χ4v) is 6.18. The number of fused-ring (bicyclic) bond motifs is 1. The first-order valence-corrected chi connectivity index (χ1v) is 15.5. The van der Waals surface area contributed by atoms with Gasteiger partial charge in [0.05, 0.1) is 24.9 Å². The largest absolute Gasteiger partial charge is 0.462 e. The van der Waals surface area contributed by atoms with Gasteiger partial charge in [-0.05, 0) is 46.8 Å².